The van der Waals surface area contributed by atoms with Crippen molar-refractivity contribution in [2.24, 2.45) is 11.8 Å². The smallest absolute Gasteiger partial charge is 0.320 e. The number of aliphatic carboxylic acids is 1. The number of carboxylic acid groups (broad SMARTS) is 1. The molecular formula is C6H9NO2. The van der Waals surface area contributed by atoms with E-state index in [1.807, 2.05) is 0 Å². The van der Waals surface area contributed by atoms with E-state index >= 15 is 0 Å². The monoisotopic (exact) mass is 127 g/mol. The van der Waals surface area contributed by atoms with E-state index in [0.29, 0.717) is 11.8 Å². The molecule has 0 spiro atoms. The molecule has 1 saturated carbocycles. The van der Waals surface area contributed by atoms with Crippen LogP contribution in [0.1, 0.15) is 6.42 Å². The van der Waals surface area contributed by atoms with Gasteiger partial charge in [-0.3, -0.25) is 4.79 Å². The summed E-state index contributed by atoms with van der Waals surface area (Å²) in [5.74, 6) is 0.466. The Balaban J connectivity index is 2.06. The summed E-state index contributed by atoms with van der Waals surface area (Å²) in [7, 11) is 0. The molecule has 3 heteroatoms. The number of hydrogen-bond donors (Lipinski definition) is 2. The van der Waals surface area contributed by atoms with Gasteiger partial charge in [-0.05, 0) is 24.8 Å². The second-order valence-corrected chi connectivity index (χ2v) is 2.88. The molecule has 0 aromatic carbocycles. The molecule has 3 atom stereocenters. The van der Waals surface area contributed by atoms with Crippen LogP contribution >= 0.6 is 0 Å². The van der Waals surface area contributed by atoms with E-state index in [-0.39, 0.29) is 6.04 Å². The van der Waals surface area contributed by atoms with Gasteiger partial charge in [0.15, 0.2) is 0 Å². The van der Waals surface area contributed by atoms with Gasteiger partial charge in [0.1, 0.15) is 6.04 Å². The molecule has 0 aromatic heterocycles. The molecule has 1 unspecified atom stereocenters. The first-order valence-corrected chi connectivity index (χ1v) is 3.25. The SMILES string of the molecule is O=C(O)[C@H]1NC[C@@H]2CC21. The molecule has 2 fully saturated rings. The molecule has 0 amide bonds. The maximum Gasteiger partial charge on any atom is 0.320 e. The number of piperidine rings is 1. The van der Waals surface area contributed by atoms with Gasteiger partial charge in [-0.15, -0.1) is 0 Å². The zero-order valence-electron chi connectivity index (χ0n) is 5.00. The summed E-state index contributed by atoms with van der Waals surface area (Å²) in [5.41, 5.74) is 0. The molecule has 2 aliphatic rings. The van der Waals surface area contributed by atoms with Crippen LogP contribution in [0, 0.1) is 11.8 Å². The van der Waals surface area contributed by atoms with E-state index in [9.17, 15) is 4.79 Å². The number of fused-ring (bicyclic) bond motifs is 1. The minimum Gasteiger partial charge on any atom is -0.480 e. The Morgan fingerprint density at radius 1 is 1.67 bits per heavy atom. The maximum absolute atomic E-state index is 10.4. The third kappa shape index (κ3) is 0.645. The lowest BCUT2D eigenvalue weighted by Crippen LogP contribution is -2.34. The van der Waals surface area contributed by atoms with Crippen LogP contribution in [0.3, 0.4) is 0 Å². The molecule has 9 heavy (non-hydrogen) atoms. The summed E-state index contributed by atoms with van der Waals surface area (Å²) in [6.07, 6.45) is 1.13. The van der Waals surface area contributed by atoms with Gasteiger partial charge >= 0.3 is 5.97 Å². The second-order valence-electron chi connectivity index (χ2n) is 2.88. The maximum atomic E-state index is 10.4. The fourth-order valence-corrected chi connectivity index (χ4v) is 1.61. The average Bonchev–Trinajstić information content (AvgIpc) is 2.43. The number of nitrogens with one attached hydrogen (secondary N) is 1. The topological polar surface area (TPSA) is 49.3 Å². The first kappa shape index (κ1) is 5.23. The van der Waals surface area contributed by atoms with Crippen molar-refractivity contribution < 1.29 is 9.90 Å². The number of rotatable bonds is 1. The fourth-order valence-electron chi connectivity index (χ4n) is 1.61. The Bertz CT molecular complexity index is 157. The number of hydrogen-bond acceptors (Lipinski definition) is 2. The predicted molar refractivity (Wildman–Crippen MR) is 31.0 cm³/mol. The van der Waals surface area contributed by atoms with E-state index in [0.717, 1.165) is 13.0 Å². The second kappa shape index (κ2) is 1.48. The van der Waals surface area contributed by atoms with Crippen LogP contribution in [0.5, 0.6) is 0 Å². The number of carbonyl (C=O) groups is 1. The van der Waals surface area contributed by atoms with Crippen molar-refractivity contribution in [1.29, 1.82) is 0 Å². The van der Waals surface area contributed by atoms with Crippen LogP contribution in [0.25, 0.3) is 0 Å². The highest BCUT2D eigenvalue weighted by molar-refractivity contribution is 5.75. The zero-order valence-corrected chi connectivity index (χ0v) is 5.00. The zero-order chi connectivity index (χ0) is 6.43. The van der Waals surface area contributed by atoms with Crippen LogP contribution in [-0.4, -0.2) is 23.7 Å². The van der Waals surface area contributed by atoms with Crippen LogP contribution in [0.15, 0.2) is 0 Å². The minimum atomic E-state index is -0.681. The van der Waals surface area contributed by atoms with Crippen molar-refractivity contribution in [2.45, 2.75) is 12.5 Å². The lowest BCUT2D eigenvalue weighted by Gasteiger charge is -2.04. The summed E-state index contributed by atoms with van der Waals surface area (Å²) < 4.78 is 0. The standard InChI is InChI=1S/C6H9NO2/c8-6(9)5-4-1-3(4)2-7-5/h3-5,7H,1-2H2,(H,8,9)/t3-,4?,5-/m0/s1. The van der Waals surface area contributed by atoms with Gasteiger partial charge in [0, 0.05) is 0 Å². The predicted octanol–water partition coefficient (Wildman–Crippen LogP) is -0.321. The molecule has 3 nitrogen and oxygen atoms in total. The lowest BCUT2D eigenvalue weighted by atomic mass is 10.2. The van der Waals surface area contributed by atoms with Crippen LogP contribution in [0.4, 0.5) is 0 Å². The fraction of sp³-hybridized carbons (Fsp3) is 0.833. The first-order valence-electron chi connectivity index (χ1n) is 3.25. The van der Waals surface area contributed by atoms with Crippen molar-refractivity contribution in [2.75, 3.05) is 6.54 Å². The third-order valence-electron chi connectivity index (χ3n) is 2.27. The molecule has 0 aromatic rings. The van der Waals surface area contributed by atoms with Gasteiger partial charge in [0.05, 0.1) is 0 Å². The van der Waals surface area contributed by atoms with E-state index in [2.05, 4.69) is 5.32 Å². The molecular weight excluding hydrogens is 118 g/mol. The minimum absolute atomic E-state index is 0.227. The van der Waals surface area contributed by atoms with Gasteiger partial charge in [-0.1, -0.05) is 0 Å². The van der Waals surface area contributed by atoms with Crippen molar-refractivity contribution in [3.8, 4) is 0 Å². The average molecular weight is 127 g/mol. The highest BCUT2D eigenvalue weighted by atomic mass is 16.4. The van der Waals surface area contributed by atoms with Gasteiger partial charge in [0.2, 0.25) is 0 Å². The quantitative estimate of drug-likeness (QED) is 0.507. The van der Waals surface area contributed by atoms with E-state index < -0.39 is 5.97 Å². The molecule has 50 valence electrons. The Labute approximate surface area is 53.1 Å². The largest absolute Gasteiger partial charge is 0.480 e. The Morgan fingerprint density at radius 3 is 2.67 bits per heavy atom. The summed E-state index contributed by atoms with van der Waals surface area (Å²) in [6, 6.07) is -0.227. The Kier molecular flexibility index (Phi) is 0.858. The van der Waals surface area contributed by atoms with Gasteiger partial charge in [-0.2, -0.15) is 0 Å². The molecule has 1 heterocycles. The van der Waals surface area contributed by atoms with Crippen molar-refractivity contribution in [1.82, 2.24) is 5.32 Å². The summed E-state index contributed by atoms with van der Waals surface area (Å²) in [5, 5.41) is 11.5. The van der Waals surface area contributed by atoms with Crippen molar-refractivity contribution in [3.05, 3.63) is 0 Å². The Morgan fingerprint density at radius 2 is 2.44 bits per heavy atom. The highest BCUT2D eigenvalue weighted by Crippen LogP contribution is 2.44. The molecule has 2 N–H and O–H groups in total. The summed E-state index contributed by atoms with van der Waals surface area (Å²) in [4.78, 5) is 10.4. The van der Waals surface area contributed by atoms with Gasteiger partial charge < -0.3 is 10.4 Å². The lowest BCUT2D eigenvalue weighted by molar-refractivity contribution is -0.139. The van der Waals surface area contributed by atoms with Crippen LogP contribution in [0.2, 0.25) is 0 Å². The highest BCUT2D eigenvalue weighted by Gasteiger charge is 2.51. The van der Waals surface area contributed by atoms with Crippen molar-refractivity contribution >= 4 is 5.97 Å². The molecule has 0 radical (unpaired) electrons. The molecule has 1 saturated heterocycles. The summed E-state index contributed by atoms with van der Waals surface area (Å²) in [6.45, 7) is 0.918. The third-order valence-corrected chi connectivity index (χ3v) is 2.27. The molecule has 1 aliphatic carbocycles. The van der Waals surface area contributed by atoms with Crippen LogP contribution in [-0.2, 0) is 4.79 Å². The van der Waals surface area contributed by atoms with Gasteiger partial charge in [0.25, 0.3) is 0 Å². The Hall–Kier alpha value is -0.570. The molecule has 1 aliphatic heterocycles. The van der Waals surface area contributed by atoms with E-state index in [1.54, 1.807) is 0 Å². The summed E-state index contributed by atoms with van der Waals surface area (Å²) >= 11 is 0. The van der Waals surface area contributed by atoms with E-state index in [4.69, 9.17) is 5.11 Å². The molecule has 0 bridgehead atoms. The van der Waals surface area contributed by atoms with Crippen LogP contribution < -0.4 is 5.32 Å². The number of carboxylic acids is 1. The van der Waals surface area contributed by atoms with E-state index in [1.165, 1.54) is 0 Å². The van der Waals surface area contributed by atoms with Gasteiger partial charge in [-0.25, -0.2) is 0 Å². The molecule has 2 rings (SSSR count). The first-order chi connectivity index (χ1) is 4.29. The normalized spacial score (nSPS) is 46.4. The van der Waals surface area contributed by atoms with Crippen molar-refractivity contribution in [3.63, 3.8) is 0 Å².